The van der Waals surface area contributed by atoms with E-state index >= 15 is 0 Å². The third kappa shape index (κ3) is 4.42. The highest BCUT2D eigenvalue weighted by molar-refractivity contribution is 7.90. The monoisotopic (exact) mass is 271 g/mol. The predicted octanol–water partition coefficient (Wildman–Crippen LogP) is -0.343. The Morgan fingerprint density at radius 2 is 2.11 bits per heavy atom. The van der Waals surface area contributed by atoms with Gasteiger partial charge >= 0.3 is 0 Å². The molecule has 0 unspecified atom stereocenters. The molecule has 1 rings (SSSR count). The minimum Gasteiger partial charge on any atom is -0.339 e. The molecule has 1 aromatic heterocycles. The topological polar surface area (TPSA) is 93.4 Å². The lowest BCUT2D eigenvalue weighted by Gasteiger charge is -2.16. The molecule has 0 spiro atoms. The molecular weight excluding hydrogens is 254 g/mol. The predicted molar refractivity (Wildman–Crippen MR) is 68.8 cm³/mol. The summed E-state index contributed by atoms with van der Waals surface area (Å²) in [5.74, 6) is -0.363. The number of nitrogens with two attached hydrogens (primary N) is 1. The molecule has 2 N–H and O–H groups in total. The number of amides is 1. The van der Waals surface area contributed by atoms with Crippen LogP contribution < -0.4 is 5.73 Å². The van der Waals surface area contributed by atoms with Crippen LogP contribution in [0, 0.1) is 0 Å². The Bertz CT molecular complexity index is 511. The van der Waals surface area contributed by atoms with Gasteiger partial charge in [0.05, 0.1) is 5.75 Å². The first kappa shape index (κ1) is 14.6. The smallest absolute Gasteiger partial charge is 0.272 e. The van der Waals surface area contributed by atoms with E-state index in [2.05, 4.69) is 4.98 Å². The standard InChI is InChI=1S/C11H17N3O3S/c1-14(5-6-18(2,16)17)11(15)10-4-3-9(7-12)8-13-10/h3-4,8H,5-7,12H2,1-2H3. The van der Waals surface area contributed by atoms with Crippen LogP contribution in [-0.4, -0.2) is 49.8 Å². The summed E-state index contributed by atoms with van der Waals surface area (Å²) in [6.45, 7) is 0.517. The van der Waals surface area contributed by atoms with Crippen LogP contribution >= 0.6 is 0 Å². The summed E-state index contributed by atoms with van der Waals surface area (Å²) in [7, 11) is -1.53. The molecule has 0 fully saturated rings. The number of hydrogen-bond acceptors (Lipinski definition) is 5. The van der Waals surface area contributed by atoms with E-state index in [9.17, 15) is 13.2 Å². The van der Waals surface area contributed by atoms with Crippen LogP contribution in [-0.2, 0) is 16.4 Å². The fourth-order valence-corrected chi connectivity index (χ4v) is 1.88. The molecule has 0 saturated heterocycles. The third-order valence-electron chi connectivity index (χ3n) is 2.42. The molecule has 0 saturated carbocycles. The highest BCUT2D eigenvalue weighted by atomic mass is 32.2. The van der Waals surface area contributed by atoms with Crippen molar-refractivity contribution in [3.8, 4) is 0 Å². The van der Waals surface area contributed by atoms with E-state index in [1.165, 1.54) is 11.1 Å². The zero-order valence-corrected chi connectivity index (χ0v) is 11.3. The number of sulfone groups is 1. The second-order valence-electron chi connectivity index (χ2n) is 4.11. The maximum Gasteiger partial charge on any atom is 0.272 e. The quantitative estimate of drug-likeness (QED) is 0.790. The Morgan fingerprint density at radius 1 is 1.44 bits per heavy atom. The van der Waals surface area contributed by atoms with E-state index in [0.717, 1.165) is 11.8 Å². The van der Waals surface area contributed by atoms with Crippen LogP contribution in [0.4, 0.5) is 0 Å². The van der Waals surface area contributed by atoms with Gasteiger partial charge in [0.15, 0.2) is 0 Å². The Balaban J connectivity index is 2.68. The van der Waals surface area contributed by atoms with E-state index in [1.807, 2.05) is 0 Å². The lowest BCUT2D eigenvalue weighted by molar-refractivity contribution is 0.0797. The molecule has 1 aromatic rings. The summed E-state index contributed by atoms with van der Waals surface area (Å²) < 4.78 is 22.0. The van der Waals surface area contributed by atoms with Crippen molar-refractivity contribution < 1.29 is 13.2 Å². The van der Waals surface area contributed by atoms with Crippen molar-refractivity contribution in [1.82, 2.24) is 9.88 Å². The molecule has 0 bridgehead atoms. The fraction of sp³-hybridized carbons (Fsp3) is 0.455. The number of carbonyl (C=O) groups is 1. The summed E-state index contributed by atoms with van der Waals surface area (Å²) in [5.41, 5.74) is 6.55. The lowest BCUT2D eigenvalue weighted by Crippen LogP contribution is -2.32. The summed E-state index contributed by atoms with van der Waals surface area (Å²) in [4.78, 5) is 17.2. The van der Waals surface area contributed by atoms with Gasteiger partial charge in [-0.2, -0.15) is 0 Å². The van der Waals surface area contributed by atoms with Crippen LogP contribution in [0.5, 0.6) is 0 Å². The lowest BCUT2D eigenvalue weighted by atomic mass is 10.2. The second kappa shape index (κ2) is 5.92. The van der Waals surface area contributed by atoms with E-state index < -0.39 is 9.84 Å². The van der Waals surface area contributed by atoms with Crippen molar-refractivity contribution in [2.24, 2.45) is 5.73 Å². The average molecular weight is 271 g/mol. The molecule has 6 nitrogen and oxygen atoms in total. The molecule has 7 heteroatoms. The van der Waals surface area contributed by atoms with Crippen LogP contribution in [0.25, 0.3) is 0 Å². The molecule has 1 amide bonds. The number of aromatic nitrogens is 1. The van der Waals surface area contributed by atoms with Crippen molar-refractivity contribution in [1.29, 1.82) is 0 Å². The van der Waals surface area contributed by atoms with Gasteiger partial charge in [-0.1, -0.05) is 6.07 Å². The summed E-state index contributed by atoms with van der Waals surface area (Å²) >= 11 is 0. The zero-order valence-electron chi connectivity index (χ0n) is 10.5. The van der Waals surface area contributed by atoms with Gasteiger partial charge in [0.25, 0.3) is 5.91 Å². The normalized spacial score (nSPS) is 11.3. The first-order valence-electron chi connectivity index (χ1n) is 5.41. The van der Waals surface area contributed by atoms with E-state index in [4.69, 9.17) is 5.73 Å². The Kier molecular flexibility index (Phi) is 4.80. The SMILES string of the molecule is CN(CCS(C)(=O)=O)C(=O)c1ccc(CN)cn1. The summed E-state index contributed by atoms with van der Waals surface area (Å²) in [6.07, 6.45) is 2.68. The highest BCUT2D eigenvalue weighted by Gasteiger charge is 2.14. The molecule has 1 heterocycles. The Morgan fingerprint density at radius 3 is 2.56 bits per heavy atom. The van der Waals surface area contributed by atoms with Gasteiger partial charge in [-0.05, 0) is 11.6 Å². The maximum absolute atomic E-state index is 11.9. The number of pyridine rings is 1. The van der Waals surface area contributed by atoms with Crippen molar-refractivity contribution in [2.75, 3.05) is 25.6 Å². The first-order valence-corrected chi connectivity index (χ1v) is 7.47. The van der Waals surface area contributed by atoms with Crippen LogP contribution in [0.3, 0.4) is 0 Å². The number of hydrogen-bond donors (Lipinski definition) is 1. The zero-order chi connectivity index (χ0) is 13.8. The van der Waals surface area contributed by atoms with Crippen LogP contribution in [0.15, 0.2) is 18.3 Å². The number of rotatable bonds is 5. The average Bonchev–Trinajstić information content (AvgIpc) is 2.34. The minimum atomic E-state index is -3.08. The highest BCUT2D eigenvalue weighted by Crippen LogP contribution is 2.03. The van der Waals surface area contributed by atoms with Crippen molar-refractivity contribution in [3.63, 3.8) is 0 Å². The van der Waals surface area contributed by atoms with Gasteiger partial charge in [0.2, 0.25) is 0 Å². The van der Waals surface area contributed by atoms with Gasteiger partial charge < -0.3 is 10.6 Å². The number of carbonyl (C=O) groups excluding carboxylic acids is 1. The third-order valence-corrected chi connectivity index (χ3v) is 3.35. The van der Waals surface area contributed by atoms with Crippen LogP contribution in [0.1, 0.15) is 16.1 Å². The second-order valence-corrected chi connectivity index (χ2v) is 6.37. The van der Waals surface area contributed by atoms with Gasteiger partial charge in [-0.3, -0.25) is 9.78 Å². The van der Waals surface area contributed by atoms with Gasteiger partial charge in [-0.15, -0.1) is 0 Å². The molecule has 0 aliphatic heterocycles. The van der Waals surface area contributed by atoms with E-state index in [0.29, 0.717) is 6.54 Å². The first-order chi connectivity index (χ1) is 8.33. The van der Waals surface area contributed by atoms with Crippen molar-refractivity contribution in [3.05, 3.63) is 29.6 Å². The number of nitrogens with zero attached hydrogens (tertiary/aromatic N) is 2. The molecule has 0 radical (unpaired) electrons. The molecule has 18 heavy (non-hydrogen) atoms. The van der Waals surface area contributed by atoms with Crippen LogP contribution in [0.2, 0.25) is 0 Å². The molecule has 0 aromatic carbocycles. The molecule has 0 aliphatic rings. The fourth-order valence-electron chi connectivity index (χ4n) is 1.27. The summed E-state index contributed by atoms with van der Waals surface area (Å²) in [6, 6.07) is 3.31. The molecule has 100 valence electrons. The van der Waals surface area contributed by atoms with Gasteiger partial charge in [0, 0.05) is 32.6 Å². The summed E-state index contributed by atoms with van der Waals surface area (Å²) in [5, 5.41) is 0. The maximum atomic E-state index is 11.9. The van der Waals surface area contributed by atoms with E-state index in [-0.39, 0.29) is 23.9 Å². The Hall–Kier alpha value is -1.47. The largest absolute Gasteiger partial charge is 0.339 e. The Labute approximate surface area is 107 Å². The van der Waals surface area contributed by atoms with E-state index in [1.54, 1.807) is 19.2 Å². The molecule has 0 atom stereocenters. The molecular formula is C11H17N3O3S. The van der Waals surface area contributed by atoms with Gasteiger partial charge in [-0.25, -0.2) is 8.42 Å². The van der Waals surface area contributed by atoms with Gasteiger partial charge in [0.1, 0.15) is 15.5 Å². The van der Waals surface area contributed by atoms with Crippen molar-refractivity contribution >= 4 is 15.7 Å². The molecule has 0 aliphatic carbocycles. The van der Waals surface area contributed by atoms with Crippen molar-refractivity contribution in [2.45, 2.75) is 6.54 Å². The minimum absolute atomic E-state index is 0.0594.